The van der Waals surface area contributed by atoms with E-state index in [9.17, 15) is 4.79 Å². The number of nitrogens with zero attached hydrogens (tertiary/aromatic N) is 2. The van der Waals surface area contributed by atoms with Gasteiger partial charge in [-0.05, 0) is 44.2 Å². The van der Waals surface area contributed by atoms with Crippen LogP contribution in [-0.4, -0.2) is 54.0 Å². The van der Waals surface area contributed by atoms with Gasteiger partial charge in [-0.2, -0.15) is 0 Å². The van der Waals surface area contributed by atoms with Crippen LogP contribution in [0.1, 0.15) is 37.7 Å². The number of nitrogens with one attached hydrogen (secondary N) is 1. The van der Waals surface area contributed by atoms with Crippen LogP contribution in [0.3, 0.4) is 0 Å². The Morgan fingerprint density at radius 1 is 1.00 bits per heavy atom. The molecule has 3 aliphatic heterocycles. The molecule has 3 saturated heterocycles. The molecule has 1 aromatic carbocycles. The lowest BCUT2D eigenvalue weighted by Gasteiger charge is -2.35. The minimum absolute atomic E-state index is 0.194. The van der Waals surface area contributed by atoms with E-state index in [1.807, 2.05) is 0 Å². The van der Waals surface area contributed by atoms with Gasteiger partial charge in [0.15, 0.2) is 0 Å². The maximum atomic E-state index is 13.1. The van der Waals surface area contributed by atoms with Crippen molar-refractivity contribution >= 4 is 5.91 Å². The van der Waals surface area contributed by atoms with Crippen molar-refractivity contribution in [2.45, 2.75) is 50.7 Å². The van der Waals surface area contributed by atoms with Crippen LogP contribution in [0.4, 0.5) is 0 Å². The van der Waals surface area contributed by atoms with E-state index in [1.54, 1.807) is 0 Å². The number of carbonyl (C=O) groups is 1. The van der Waals surface area contributed by atoms with Crippen LogP contribution in [-0.2, 0) is 11.3 Å². The summed E-state index contributed by atoms with van der Waals surface area (Å²) in [5.74, 6) is 0.598. The predicted octanol–water partition coefficient (Wildman–Crippen LogP) is 2.25. The zero-order valence-corrected chi connectivity index (χ0v) is 14.5. The van der Waals surface area contributed by atoms with E-state index in [0.29, 0.717) is 18.0 Å². The van der Waals surface area contributed by atoms with Crippen molar-refractivity contribution in [3.05, 3.63) is 35.9 Å². The molecule has 4 rings (SSSR count). The minimum Gasteiger partial charge on any atom is -0.341 e. The standard InChI is InChI=1S/C20H29N3O/c24-20(23-12-10-18-8-9-19(15-23)21-18)17-7-4-11-22(14-17)13-16-5-2-1-3-6-16/h1-3,5-6,17-19,21H,4,7-15H2. The van der Waals surface area contributed by atoms with Gasteiger partial charge >= 0.3 is 0 Å². The van der Waals surface area contributed by atoms with Crippen molar-refractivity contribution in [3.8, 4) is 0 Å². The SMILES string of the molecule is O=C(C1CCCN(Cc2ccccc2)C1)N1CCC2CCC(C1)N2. The summed E-state index contributed by atoms with van der Waals surface area (Å²) in [4.78, 5) is 17.7. The van der Waals surface area contributed by atoms with Crippen LogP contribution in [0.15, 0.2) is 30.3 Å². The van der Waals surface area contributed by atoms with Gasteiger partial charge < -0.3 is 10.2 Å². The molecule has 0 spiro atoms. The second-order valence-electron chi connectivity index (χ2n) is 7.77. The van der Waals surface area contributed by atoms with Crippen molar-refractivity contribution in [2.75, 3.05) is 26.2 Å². The largest absolute Gasteiger partial charge is 0.341 e. The smallest absolute Gasteiger partial charge is 0.227 e. The fourth-order valence-electron chi connectivity index (χ4n) is 4.64. The molecule has 3 atom stereocenters. The molecular weight excluding hydrogens is 298 g/mol. The number of amides is 1. The van der Waals surface area contributed by atoms with E-state index in [1.165, 1.54) is 18.4 Å². The van der Waals surface area contributed by atoms with Crippen molar-refractivity contribution in [1.29, 1.82) is 0 Å². The average Bonchev–Trinajstić information content (AvgIpc) is 2.94. The van der Waals surface area contributed by atoms with Gasteiger partial charge in [0.25, 0.3) is 0 Å². The zero-order chi connectivity index (χ0) is 16.4. The van der Waals surface area contributed by atoms with E-state index in [2.05, 4.69) is 45.4 Å². The molecule has 0 radical (unpaired) electrons. The molecule has 3 aliphatic rings. The summed E-state index contributed by atoms with van der Waals surface area (Å²) in [7, 11) is 0. The van der Waals surface area contributed by atoms with Crippen LogP contribution >= 0.6 is 0 Å². The predicted molar refractivity (Wildman–Crippen MR) is 95.6 cm³/mol. The maximum Gasteiger partial charge on any atom is 0.227 e. The van der Waals surface area contributed by atoms with E-state index in [4.69, 9.17) is 0 Å². The summed E-state index contributed by atoms with van der Waals surface area (Å²) < 4.78 is 0. The Labute approximate surface area is 145 Å². The fourth-order valence-corrected chi connectivity index (χ4v) is 4.64. The first-order valence-electron chi connectivity index (χ1n) is 9.59. The first kappa shape index (κ1) is 16.1. The van der Waals surface area contributed by atoms with Gasteiger partial charge in [-0.1, -0.05) is 30.3 Å². The van der Waals surface area contributed by atoms with Crippen LogP contribution in [0.25, 0.3) is 0 Å². The van der Waals surface area contributed by atoms with Crippen LogP contribution in [0.2, 0.25) is 0 Å². The molecule has 2 bridgehead atoms. The molecule has 130 valence electrons. The third-order valence-electron chi connectivity index (χ3n) is 5.94. The van der Waals surface area contributed by atoms with Gasteiger partial charge in [0.1, 0.15) is 0 Å². The monoisotopic (exact) mass is 327 g/mol. The summed E-state index contributed by atoms with van der Waals surface area (Å²) in [5, 5.41) is 3.68. The quantitative estimate of drug-likeness (QED) is 0.925. The molecular formula is C20H29N3O. The van der Waals surface area contributed by atoms with Gasteiger partial charge in [-0.25, -0.2) is 0 Å². The van der Waals surface area contributed by atoms with Crippen LogP contribution < -0.4 is 5.32 Å². The van der Waals surface area contributed by atoms with Gasteiger partial charge in [0.2, 0.25) is 5.91 Å². The Hall–Kier alpha value is -1.39. The molecule has 24 heavy (non-hydrogen) atoms. The number of piperidine rings is 1. The third kappa shape index (κ3) is 3.65. The first-order valence-corrected chi connectivity index (χ1v) is 9.59. The molecule has 4 heteroatoms. The number of carbonyl (C=O) groups excluding carboxylic acids is 1. The van der Waals surface area contributed by atoms with Crippen molar-refractivity contribution < 1.29 is 4.79 Å². The third-order valence-corrected chi connectivity index (χ3v) is 5.94. The average molecular weight is 327 g/mol. The van der Waals surface area contributed by atoms with Gasteiger partial charge in [0.05, 0.1) is 5.92 Å². The second kappa shape index (κ2) is 7.24. The first-order chi connectivity index (χ1) is 11.8. The number of benzene rings is 1. The lowest BCUT2D eigenvalue weighted by Crippen LogP contribution is -2.47. The van der Waals surface area contributed by atoms with Crippen molar-refractivity contribution in [3.63, 3.8) is 0 Å². The Bertz CT molecular complexity index is 561. The summed E-state index contributed by atoms with van der Waals surface area (Å²) in [5.41, 5.74) is 1.35. The Balaban J connectivity index is 1.35. The molecule has 3 heterocycles. The lowest BCUT2D eigenvalue weighted by molar-refractivity contribution is -0.137. The Morgan fingerprint density at radius 2 is 1.83 bits per heavy atom. The molecule has 1 aromatic rings. The summed E-state index contributed by atoms with van der Waals surface area (Å²) in [6.07, 6.45) is 5.85. The molecule has 0 saturated carbocycles. The maximum absolute atomic E-state index is 13.1. The molecule has 1 amide bonds. The molecule has 0 aliphatic carbocycles. The highest BCUT2D eigenvalue weighted by Crippen LogP contribution is 2.25. The zero-order valence-electron chi connectivity index (χ0n) is 14.5. The number of hydrogen-bond acceptors (Lipinski definition) is 3. The Kier molecular flexibility index (Phi) is 4.86. The summed E-state index contributed by atoms with van der Waals surface area (Å²) >= 11 is 0. The van der Waals surface area contributed by atoms with Crippen LogP contribution in [0.5, 0.6) is 0 Å². The van der Waals surface area contributed by atoms with E-state index in [0.717, 1.165) is 52.0 Å². The number of likely N-dealkylation sites (tertiary alicyclic amines) is 2. The minimum atomic E-state index is 0.194. The van der Waals surface area contributed by atoms with Crippen molar-refractivity contribution in [2.24, 2.45) is 5.92 Å². The summed E-state index contributed by atoms with van der Waals surface area (Å²) in [6, 6.07) is 11.8. The molecule has 3 unspecified atom stereocenters. The second-order valence-corrected chi connectivity index (χ2v) is 7.77. The molecule has 0 aromatic heterocycles. The number of hydrogen-bond donors (Lipinski definition) is 1. The number of rotatable bonds is 3. The lowest BCUT2D eigenvalue weighted by atomic mass is 9.95. The molecule has 4 nitrogen and oxygen atoms in total. The summed E-state index contributed by atoms with van der Waals surface area (Å²) in [6.45, 7) is 4.88. The highest BCUT2D eigenvalue weighted by molar-refractivity contribution is 5.79. The highest BCUT2D eigenvalue weighted by Gasteiger charge is 2.34. The normalized spacial score (nSPS) is 31.0. The Morgan fingerprint density at radius 3 is 2.71 bits per heavy atom. The van der Waals surface area contributed by atoms with E-state index < -0.39 is 0 Å². The van der Waals surface area contributed by atoms with Crippen LogP contribution in [0, 0.1) is 5.92 Å². The van der Waals surface area contributed by atoms with E-state index >= 15 is 0 Å². The molecule has 3 fully saturated rings. The number of fused-ring (bicyclic) bond motifs is 2. The van der Waals surface area contributed by atoms with Crippen molar-refractivity contribution in [1.82, 2.24) is 15.1 Å². The molecule has 1 N–H and O–H groups in total. The van der Waals surface area contributed by atoms with Gasteiger partial charge in [-0.15, -0.1) is 0 Å². The highest BCUT2D eigenvalue weighted by atomic mass is 16.2. The fraction of sp³-hybridized carbons (Fsp3) is 0.650. The van der Waals surface area contributed by atoms with E-state index in [-0.39, 0.29) is 5.92 Å². The van der Waals surface area contributed by atoms with Gasteiger partial charge in [0, 0.05) is 38.3 Å². The topological polar surface area (TPSA) is 35.6 Å². The van der Waals surface area contributed by atoms with Gasteiger partial charge in [-0.3, -0.25) is 9.69 Å².